The summed E-state index contributed by atoms with van der Waals surface area (Å²) in [4.78, 5) is 0. The fourth-order valence-corrected chi connectivity index (χ4v) is 2.15. The van der Waals surface area contributed by atoms with Crippen molar-refractivity contribution in [3.8, 4) is 0 Å². The Bertz CT molecular complexity index is 381. The molecule has 1 aliphatic rings. The standard InChI is InChI=1S/C12H19F2N3O.ClH/c1-9-10(6-16-17(9)8-12(13)14)5-15-7-11-3-2-4-18-11;/h6,11-12,15H,2-5,7-8H2,1H3;1H. The van der Waals surface area contributed by atoms with Crippen molar-refractivity contribution in [1.29, 1.82) is 0 Å². The van der Waals surface area contributed by atoms with E-state index in [9.17, 15) is 8.78 Å². The van der Waals surface area contributed by atoms with Crippen LogP contribution in [0.2, 0.25) is 0 Å². The van der Waals surface area contributed by atoms with Gasteiger partial charge < -0.3 is 10.1 Å². The van der Waals surface area contributed by atoms with Gasteiger partial charge in [0, 0.05) is 31.0 Å². The van der Waals surface area contributed by atoms with Crippen molar-refractivity contribution >= 4 is 12.4 Å². The van der Waals surface area contributed by atoms with Gasteiger partial charge in [-0.3, -0.25) is 4.68 Å². The van der Waals surface area contributed by atoms with Crippen LogP contribution in [0.25, 0.3) is 0 Å². The SMILES string of the molecule is Cc1c(CNCC2CCCO2)cnn1CC(F)F.Cl. The fourth-order valence-electron chi connectivity index (χ4n) is 2.15. The number of hydrogen-bond donors (Lipinski definition) is 1. The van der Waals surface area contributed by atoms with E-state index in [2.05, 4.69) is 10.4 Å². The maximum Gasteiger partial charge on any atom is 0.257 e. The molecule has 1 saturated heterocycles. The third-order valence-corrected chi connectivity index (χ3v) is 3.23. The van der Waals surface area contributed by atoms with Crippen molar-refractivity contribution in [3.05, 3.63) is 17.5 Å². The molecule has 1 aromatic rings. The van der Waals surface area contributed by atoms with E-state index in [0.717, 1.165) is 37.3 Å². The highest BCUT2D eigenvalue weighted by atomic mass is 35.5. The Hall–Kier alpha value is -0.720. The van der Waals surface area contributed by atoms with E-state index < -0.39 is 6.43 Å². The van der Waals surface area contributed by atoms with Gasteiger partial charge in [-0.1, -0.05) is 0 Å². The average Bonchev–Trinajstić information content (AvgIpc) is 2.93. The van der Waals surface area contributed by atoms with Crippen LogP contribution in [-0.2, 0) is 17.8 Å². The molecular weight excluding hydrogens is 276 g/mol. The third-order valence-electron chi connectivity index (χ3n) is 3.23. The van der Waals surface area contributed by atoms with Crippen molar-refractivity contribution in [3.63, 3.8) is 0 Å². The zero-order valence-corrected chi connectivity index (χ0v) is 11.8. The van der Waals surface area contributed by atoms with Crippen molar-refractivity contribution in [2.75, 3.05) is 13.2 Å². The molecule has 0 radical (unpaired) electrons. The molecule has 2 rings (SSSR count). The minimum atomic E-state index is -2.36. The summed E-state index contributed by atoms with van der Waals surface area (Å²) in [6.45, 7) is 3.78. The van der Waals surface area contributed by atoms with Crippen LogP contribution in [-0.4, -0.2) is 35.5 Å². The van der Waals surface area contributed by atoms with Gasteiger partial charge in [-0.15, -0.1) is 12.4 Å². The number of nitrogens with one attached hydrogen (secondary N) is 1. The van der Waals surface area contributed by atoms with E-state index in [-0.39, 0.29) is 19.0 Å². The second kappa shape index (κ2) is 7.77. The minimum Gasteiger partial charge on any atom is -0.377 e. The molecule has 1 fully saturated rings. The van der Waals surface area contributed by atoms with Gasteiger partial charge in [-0.25, -0.2) is 8.78 Å². The fraction of sp³-hybridized carbons (Fsp3) is 0.750. The second-order valence-corrected chi connectivity index (χ2v) is 4.59. The number of aromatic nitrogens is 2. The molecule has 1 aromatic heterocycles. The van der Waals surface area contributed by atoms with Gasteiger partial charge >= 0.3 is 0 Å². The predicted molar refractivity (Wildman–Crippen MR) is 70.9 cm³/mol. The molecule has 2 heterocycles. The Morgan fingerprint density at radius 1 is 1.58 bits per heavy atom. The summed E-state index contributed by atoms with van der Waals surface area (Å²) in [6, 6.07) is 0. The van der Waals surface area contributed by atoms with E-state index in [1.54, 1.807) is 6.20 Å². The zero-order chi connectivity index (χ0) is 13.0. The second-order valence-electron chi connectivity index (χ2n) is 4.59. The summed E-state index contributed by atoms with van der Waals surface area (Å²) in [5, 5.41) is 7.26. The lowest BCUT2D eigenvalue weighted by Gasteiger charge is -2.10. The molecule has 0 aliphatic carbocycles. The third kappa shape index (κ3) is 4.71. The maximum atomic E-state index is 12.3. The van der Waals surface area contributed by atoms with Crippen molar-refractivity contribution in [2.24, 2.45) is 0 Å². The van der Waals surface area contributed by atoms with E-state index in [0.29, 0.717) is 12.6 Å². The summed E-state index contributed by atoms with van der Waals surface area (Å²) >= 11 is 0. The van der Waals surface area contributed by atoms with Gasteiger partial charge in [0.05, 0.1) is 12.3 Å². The average molecular weight is 296 g/mol. The molecular formula is C12H20ClF2N3O. The van der Waals surface area contributed by atoms with Crippen LogP contribution in [0.15, 0.2) is 6.20 Å². The Morgan fingerprint density at radius 2 is 2.37 bits per heavy atom. The van der Waals surface area contributed by atoms with Crippen LogP contribution < -0.4 is 5.32 Å². The predicted octanol–water partition coefficient (Wildman–Crippen LogP) is 2.15. The molecule has 1 aliphatic heterocycles. The molecule has 0 bridgehead atoms. The first-order valence-corrected chi connectivity index (χ1v) is 6.28. The van der Waals surface area contributed by atoms with E-state index in [4.69, 9.17) is 4.74 Å². The van der Waals surface area contributed by atoms with Gasteiger partial charge in [0.1, 0.15) is 6.54 Å². The first-order chi connectivity index (χ1) is 8.66. The molecule has 0 spiro atoms. The number of alkyl halides is 2. The molecule has 1 atom stereocenters. The Morgan fingerprint density at radius 3 is 3.00 bits per heavy atom. The summed E-state index contributed by atoms with van der Waals surface area (Å²) in [5.74, 6) is 0. The highest BCUT2D eigenvalue weighted by Gasteiger charge is 2.15. The van der Waals surface area contributed by atoms with Crippen LogP contribution in [0.1, 0.15) is 24.1 Å². The van der Waals surface area contributed by atoms with Crippen LogP contribution >= 0.6 is 12.4 Å². The molecule has 0 amide bonds. The molecule has 1 unspecified atom stereocenters. The largest absolute Gasteiger partial charge is 0.377 e. The first kappa shape index (κ1) is 16.3. The quantitative estimate of drug-likeness (QED) is 0.874. The normalized spacial score (nSPS) is 18.8. The molecule has 7 heteroatoms. The topological polar surface area (TPSA) is 39.1 Å². The van der Waals surface area contributed by atoms with Crippen LogP contribution in [0.3, 0.4) is 0 Å². The molecule has 110 valence electrons. The lowest BCUT2D eigenvalue weighted by Crippen LogP contribution is -2.26. The van der Waals surface area contributed by atoms with E-state index in [1.165, 1.54) is 4.68 Å². The molecule has 0 saturated carbocycles. The van der Waals surface area contributed by atoms with Crippen LogP contribution in [0.5, 0.6) is 0 Å². The number of nitrogens with zero attached hydrogens (tertiary/aromatic N) is 2. The Labute approximate surface area is 117 Å². The summed E-state index contributed by atoms with van der Waals surface area (Å²) in [5.41, 5.74) is 1.77. The van der Waals surface area contributed by atoms with Crippen molar-refractivity contribution < 1.29 is 13.5 Å². The van der Waals surface area contributed by atoms with Crippen molar-refractivity contribution in [2.45, 2.75) is 45.4 Å². The minimum absolute atomic E-state index is 0. The first-order valence-electron chi connectivity index (χ1n) is 6.28. The zero-order valence-electron chi connectivity index (χ0n) is 10.9. The number of hydrogen-bond acceptors (Lipinski definition) is 3. The van der Waals surface area contributed by atoms with Gasteiger partial charge in [0.25, 0.3) is 6.43 Å². The smallest absolute Gasteiger partial charge is 0.257 e. The number of rotatable bonds is 6. The van der Waals surface area contributed by atoms with Gasteiger partial charge in [-0.05, 0) is 19.8 Å². The maximum absolute atomic E-state index is 12.3. The molecule has 19 heavy (non-hydrogen) atoms. The summed E-state index contributed by atoms with van der Waals surface area (Å²) in [7, 11) is 0. The summed E-state index contributed by atoms with van der Waals surface area (Å²) in [6.07, 6.45) is 1.80. The number of ether oxygens (including phenoxy) is 1. The lowest BCUT2D eigenvalue weighted by molar-refractivity contribution is 0.110. The molecule has 4 nitrogen and oxygen atoms in total. The highest BCUT2D eigenvalue weighted by molar-refractivity contribution is 5.85. The lowest BCUT2D eigenvalue weighted by atomic mass is 10.2. The Balaban J connectivity index is 0.00000180. The van der Waals surface area contributed by atoms with Crippen LogP contribution in [0.4, 0.5) is 8.78 Å². The monoisotopic (exact) mass is 295 g/mol. The molecule has 1 N–H and O–H groups in total. The van der Waals surface area contributed by atoms with Gasteiger partial charge in [0.2, 0.25) is 0 Å². The highest BCUT2D eigenvalue weighted by Crippen LogP contribution is 2.12. The number of halogens is 3. The van der Waals surface area contributed by atoms with Crippen LogP contribution in [0, 0.1) is 6.92 Å². The van der Waals surface area contributed by atoms with E-state index in [1.807, 2.05) is 6.92 Å². The Kier molecular flexibility index (Phi) is 6.68. The molecule has 0 aromatic carbocycles. The summed E-state index contributed by atoms with van der Waals surface area (Å²) < 4.78 is 31.4. The van der Waals surface area contributed by atoms with Gasteiger partial charge in [0.15, 0.2) is 0 Å². The van der Waals surface area contributed by atoms with E-state index >= 15 is 0 Å². The van der Waals surface area contributed by atoms with Gasteiger partial charge in [-0.2, -0.15) is 5.10 Å². The van der Waals surface area contributed by atoms with Crippen molar-refractivity contribution in [1.82, 2.24) is 15.1 Å².